The molecular formula is C13H30O2P2. The summed E-state index contributed by atoms with van der Waals surface area (Å²) in [6.45, 7) is 13.8. The van der Waals surface area contributed by atoms with Crippen molar-refractivity contribution in [2.75, 3.05) is 31.4 Å². The summed E-state index contributed by atoms with van der Waals surface area (Å²) in [5, 5.41) is 19.2. The van der Waals surface area contributed by atoms with Crippen LogP contribution in [-0.4, -0.2) is 52.0 Å². The molecule has 0 saturated heterocycles. The minimum Gasteiger partial charge on any atom is -0.396 e. The molecule has 0 rings (SSSR count). The average molecular weight is 280 g/mol. The van der Waals surface area contributed by atoms with Crippen molar-refractivity contribution in [3.8, 4) is 0 Å². The first-order valence-corrected chi connectivity index (χ1v) is 9.77. The van der Waals surface area contributed by atoms with Crippen LogP contribution in [-0.2, 0) is 0 Å². The molecule has 0 aliphatic carbocycles. The van der Waals surface area contributed by atoms with E-state index in [0.29, 0.717) is 18.1 Å². The first kappa shape index (κ1) is 17.8. The average Bonchev–Trinajstić information content (AvgIpc) is 2.13. The number of aliphatic hydroxyl groups is 2. The van der Waals surface area contributed by atoms with Crippen LogP contribution in [0.25, 0.3) is 0 Å². The van der Waals surface area contributed by atoms with Gasteiger partial charge in [-0.15, -0.1) is 0 Å². The predicted molar refractivity (Wildman–Crippen MR) is 82.1 cm³/mol. The largest absolute Gasteiger partial charge is 0.396 e. The van der Waals surface area contributed by atoms with Crippen LogP contribution in [0.4, 0.5) is 0 Å². The molecular weight excluding hydrogens is 250 g/mol. The predicted octanol–water partition coefficient (Wildman–Crippen LogP) is 3.49. The van der Waals surface area contributed by atoms with Crippen LogP contribution in [0.1, 0.15) is 41.5 Å². The van der Waals surface area contributed by atoms with Crippen LogP contribution in [0.5, 0.6) is 0 Å². The number of aliphatic hydroxyl groups excluding tert-OH is 2. The smallest absolute Gasteiger partial charge is 0.0629 e. The maximum Gasteiger partial charge on any atom is 0.0629 e. The van der Waals surface area contributed by atoms with Gasteiger partial charge in [0.2, 0.25) is 0 Å². The summed E-state index contributed by atoms with van der Waals surface area (Å²) in [7, 11) is -0.432. The van der Waals surface area contributed by atoms with Gasteiger partial charge in [0.1, 0.15) is 0 Å². The molecule has 2 N–H and O–H groups in total. The highest BCUT2D eigenvalue weighted by Gasteiger charge is 2.27. The van der Waals surface area contributed by atoms with Crippen molar-refractivity contribution in [3.63, 3.8) is 0 Å². The van der Waals surface area contributed by atoms with Gasteiger partial charge in [0.25, 0.3) is 0 Å². The Kier molecular flexibility index (Phi) is 7.73. The highest BCUT2D eigenvalue weighted by Crippen LogP contribution is 2.54. The molecule has 4 heteroatoms. The van der Waals surface area contributed by atoms with Gasteiger partial charge in [-0.2, -0.15) is 0 Å². The summed E-state index contributed by atoms with van der Waals surface area (Å²) in [5.74, 6) is 0. The van der Waals surface area contributed by atoms with Crippen molar-refractivity contribution >= 4 is 15.8 Å². The van der Waals surface area contributed by atoms with E-state index in [9.17, 15) is 5.11 Å². The fraction of sp³-hybridized carbons (Fsp3) is 1.00. The van der Waals surface area contributed by atoms with Gasteiger partial charge in [-0.3, -0.25) is 0 Å². The third-order valence-electron chi connectivity index (χ3n) is 3.08. The summed E-state index contributed by atoms with van der Waals surface area (Å²) < 4.78 is 0. The Labute approximate surface area is 110 Å². The van der Waals surface area contributed by atoms with Crippen LogP contribution in [0, 0.1) is 0 Å². The van der Waals surface area contributed by atoms with Gasteiger partial charge in [-0.05, 0) is 28.8 Å². The maximum absolute atomic E-state index is 9.49. The van der Waals surface area contributed by atoms with Gasteiger partial charge >= 0.3 is 0 Å². The molecule has 0 spiro atoms. The van der Waals surface area contributed by atoms with Crippen LogP contribution < -0.4 is 0 Å². The molecule has 0 aliphatic heterocycles. The van der Waals surface area contributed by atoms with E-state index in [0.717, 1.165) is 12.3 Å². The van der Waals surface area contributed by atoms with Gasteiger partial charge in [0, 0.05) is 6.61 Å². The van der Waals surface area contributed by atoms with Crippen molar-refractivity contribution in [2.24, 2.45) is 0 Å². The van der Waals surface area contributed by atoms with Gasteiger partial charge in [-0.25, -0.2) is 0 Å². The zero-order valence-corrected chi connectivity index (χ0v) is 14.1. The van der Waals surface area contributed by atoms with Gasteiger partial charge in [0.15, 0.2) is 0 Å². The van der Waals surface area contributed by atoms with E-state index in [1.54, 1.807) is 0 Å². The molecule has 17 heavy (non-hydrogen) atoms. The quantitative estimate of drug-likeness (QED) is 0.731. The topological polar surface area (TPSA) is 40.5 Å². The molecule has 0 aliphatic rings. The monoisotopic (exact) mass is 280 g/mol. The molecule has 0 fully saturated rings. The second-order valence-electron chi connectivity index (χ2n) is 6.46. The Balaban J connectivity index is 4.39. The second kappa shape index (κ2) is 7.39. The molecule has 0 saturated carbocycles. The molecule has 0 amide bonds. The Morgan fingerprint density at radius 3 is 1.41 bits per heavy atom. The van der Waals surface area contributed by atoms with E-state index < -0.39 is 0 Å². The lowest BCUT2D eigenvalue weighted by atomic mass is 10.3. The Morgan fingerprint density at radius 2 is 1.12 bits per heavy atom. The van der Waals surface area contributed by atoms with Crippen LogP contribution in [0.3, 0.4) is 0 Å². The van der Waals surface area contributed by atoms with Crippen molar-refractivity contribution in [2.45, 2.75) is 51.9 Å². The Morgan fingerprint density at radius 1 is 0.706 bits per heavy atom. The lowest BCUT2D eigenvalue weighted by Gasteiger charge is -2.35. The van der Waals surface area contributed by atoms with Crippen molar-refractivity contribution in [1.29, 1.82) is 0 Å². The first-order valence-electron chi connectivity index (χ1n) is 6.34. The molecule has 0 heterocycles. The molecule has 104 valence electrons. The highest BCUT2D eigenvalue weighted by atomic mass is 31.1. The maximum atomic E-state index is 9.49. The van der Waals surface area contributed by atoms with E-state index in [1.807, 2.05) is 0 Å². The lowest BCUT2D eigenvalue weighted by Crippen LogP contribution is -2.21. The zero-order valence-electron chi connectivity index (χ0n) is 12.3. The molecule has 0 aromatic rings. The Bertz CT molecular complexity index is 206. The van der Waals surface area contributed by atoms with Crippen LogP contribution >= 0.6 is 15.8 Å². The third-order valence-corrected chi connectivity index (χ3v) is 9.83. The summed E-state index contributed by atoms with van der Waals surface area (Å²) in [4.78, 5) is 0. The minimum atomic E-state index is -0.300. The van der Waals surface area contributed by atoms with Crippen LogP contribution in [0.15, 0.2) is 0 Å². The normalized spacial score (nSPS) is 16.9. The zero-order chi connectivity index (χ0) is 13.7. The SMILES string of the molecule is CC(C)(C)[P@](CCO)CC[P@@](CO)C(C)(C)C. The van der Waals surface area contributed by atoms with Crippen molar-refractivity contribution in [1.82, 2.24) is 0 Å². The van der Waals surface area contributed by atoms with E-state index in [4.69, 9.17) is 5.11 Å². The van der Waals surface area contributed by atoms with E-state index in [-0.39, 0.29) is 21.0 Å². The first-order chi connectivity index (χ1) is 7.62. The number of hydrogen-bond acceptors (Lipinski definition) is 2. The summed E-state index contributed by atoms with van der Waals surface area (Å²) in [6.07, 6.45) is 3.60. The number of rotatable bonds is 6. The van der Waals surface area contributed by atoms with E-state index in [2.05, 4.69) is 41.5 Å². The summed E-state index contributed by atoms with van der Waals surface area (Å²) in [6, 6.07) is 0. The van der Waals surface area contributed by atoms with Crippen LogP contribution in [0.2, 0.25) is 0 Å². The molecule has 0 unspecified atom stereocenters. The van der Waals surface area contributed by atoms with Crippen molar-refractivity contribution < 1.29 is 10.2 Å². The number of hydrogen-bond donors (Lipinski definition) is 2. The molecule has 0 radical (unpaired) electrons. The fourth-order valence-electron chi connectivity index (χ4n) is 1.76. The summed E-state index contributed by atoms with van der Waals surface area (Å²) in [5.41, 5.74) is 0. The fourth-order valence-corrected chi connectivity index (χ4v) is 6.74. The summed E-state index contributed by atoms with van der Waals surface area (Å²) >= 11 is 0. The molecule has 0 aromatic heterocycles. The lowest BCUT2D eigenvalue weighted by molar-refractivity contribution is 0.321. The minimum absolute atomic E-state index is 0.132. The van der Waals surface area contributed by atoms with Gasteiger partial charge < -0.3 is 10.2 Å². The van der Waals surface area contributed by atoms with Gasteiger partial charge in [-0.1, -0.05) is 57.4 Å². The highest BCUT2D eigenvalue weighted by molar-refractivity contribution is 7.63. The third kappa shape index (κ3) is 7.06. The Hall–Kier alpha value is 0.780. The molecule has 2 atom stereocenters. The van der Waals surface area contributed by atoms with E-state index >= 15 is 0 Å². The molecule has 0 bridgehead atoms. The standard InChI is InChI=1S/C13H30O2P2/c1-12(2,3)16(8-7-14)9-10-17(11-15)13(4,5)6/h14-15H,7-11H2,1-6H3/t16-,17+/m1/s1. The molecule has 2 nitrogen and oxygen atoms in total. The van der Waals surface area contributed by atoms with Gasteiger partial charge in [0.05, 0.1) is 6.35 Å². The van der Waals surface area contributed by atoms with Crippen molar-refractivity contribution in [3.05, 3.63) is 0 Å². The molecule has 0 aromatic carbocycles. The van der Waals surface area contributed by atoms with E-state index in [1.165, 1.54) is 6.16 Å². The second-order valence-corrected chi connectivity index (χ2v) is 12.9.